The quantitative estimate of drug-likeness (QED) is 0.843. The molecule has 2 atom stereocenters. The number of nitrogens with zero attached hydrogens (tertiary/aromatic N) is 1. The fourth-order valence-electron chi connectivity index (χ4n) is 2.56. The second-order valence-electron chi connectivity index (χ2n) is 5.15. The highest BCUT2D eigenvalue weighted by molar-refractivity contribution is 5.21. The fourth-order valence-corrected chi connectivity index (χ4v) is 2.56. The van der Waals surface area contributed by atoms with Gasteiger partial charge in [0.2, 0.25) is 0 Å². The van der Waals surface area contributed by atoms with Crippen LogP contribution in [0.2, 0.25) is 0 Å². The van der Waals surface area contributed by atoms with E-state index in [1.165, 1.54) is 36.8 Å². The first-order valence-electron chi connectivity index (χ1n) is 6.38. The standard InChI is InChI=1S/C14H22N2/c1-11-4-3-5-14(8-11)16-10-13-9-15-7-6-12(13)2/h6-7,9,11,14,16H,3-5,8,10H2,1-2H3. The number of pyridine rings is 1. The zero-order valence-corrected chi connectivity index (χ0v) is 10.4. The molecule has 2 heteroatoms. The lowest BCUT2D eigenvalue weighted by Crippen LogP contribution is -2.33. The molecular formula is C14H22N2. The molecule has 0 amide bonds. The number of aryl methyl sites for hydroxylation is 1. The van der Waals surface area contributed by atoms with Crippen molar-refractivity contribution in [2.45, 2.75) is 52.1 Å². The molecule has 2 rings (SSSR count). The SMILES string of the molecule is Cc1ccncc1CNC1CCCC(C)C1. The van der Waals surface area contributed by atoms with E-state index in [9.17, 15) is 0 Å². The maximum Gasteiger partial charge on any atom is 0.0315 e. The van der Waals surface area contributed by atoms with Crippen molar-refractivity contribution < 1.29 is 0 Å². The van der Waals surface area contributed by atoms with Crippen LogP contribution in [0.25, 0.3) is 0 Å². The summed E-state index contributed by atoms with van der Waals surface area (Å²) in [6.07, 6.45) is 9.30. The van der Waals surface area contributed by atoms with Crippen molar-refractivity contribution in [3.05, 3.63) is 29.6 Å². The van der Waals surface area contributed by atoms with Crippen LogP contribution >= 0.6 is 0 Å². The predicted octanol–water partition coefficient (Wildman–Crippen LogP) is 3.06. The van der Waals surface area contributed by atoms with Crippen LogP contribution in [0.5, 0.6) is 0 Å². The monoisotopic (exact) mass is 218 g/mol. The minimum atomic E-state index is 0.711. The molecule has 0 radical (unpaired) electrons. The van der Waals surface area contributed by atoms with Gasteiger partial charge < -0.3 is 5.32 Å². The van der Waals surface area contributed by atoms with Crippen LogP contribution in [0.15, 0.2) is 18.5 Å². The molecule has 1 heterocycles. The Kier molecular flexibility index (Phi) is 3.94. The van der Waals surface area contributed by atoms with Gasteiger partial charge >= 0.3 is 0 Å². The molecule has 16 heavy (non-hydrogen) atoms. The molecule has 1 aromatic heterocycles. The molecule has 0 aromatic carbocycles. The summed E-state index contributed by atoms with van der Waals surface area (Å²) in [5, 5.41) is 3.67. The maximum absolute atomic E-state index is 4.18. The van der Waals surface area contributed by atoms with E-state index in [0.717, 1.165) is 12.5 Å². The molecule has 1 fully saturated rings. The molecule has 1 N–H and O–H groups in total. The molecule has 88 valence electrons. The van der Waals surface area contributed by atoms with Gasteiger partial charge in [-0.3, -0.25) is 4.98 Å². The molecule has 1 aromatic rings. The van der Waals surface area contributed by atoms with Crippen molar-refractivity contribution in [2.75, 3.05) is 0 Å². The van der Waals surface area contributed by atoms with Gasteiger partial charge in [0.1, 0.15) is 0 Å². The maximum atomic E-state index is 4.18. The molecule has 1 aliphatic carbocycles. The Morgan fingerprint density at radius 3 is 3.06 bits per heavy atom. The van der Waals surface area contributed by atoms with Crippen LogP contribution in [0.4, 0.5) is 0 Å². The minimum Gasteiger partial charge on any atom is -0.310 e. The average Bonchev–Trinajstić information content (AvgIpc) is 2.28. The normalized spacial score (nSPS) is 25.6. The number of rotatable bonds is 3. The fraction of sp³-hybridized carbons (Fsp3) is 0.643. The summed E-state index contributed by atoms with van der Waals surface area (Å²) in [6.45, 7) is 5.49. The average molecular weight is 218 g/mol. The molecule has 2 nitrogen and oxygen atoms in total. The van der Waals surface area contributed by atoms with Crippen LogP contribution in [-0.2, 0) is 6.54 Å². The molecule has 0 aliphatic heterocycles. The van der Waals surface area contributed by atoms with E-state index in [2.05, 4.69) is 30.2 Å². The molecule has 0 bridgehead atoms. The van der Waals surface area contributed by atoms with E-state index in [1.807, 2.05) is 12.4 Å². The first kappa shape index (κ1) is 11.6. The number of nitrogens with one attached hydrogen (secondary N) is 1. The van der Waals surface area contributed by atoms with E-state index in [1.54, 1.807) is 0 Å². The first-order chi connectivity index (χ1) is 7.75. The van der Waals surface area contributed by atoms with Crippen molar-refractivity contribution in [3.8, 4) is 0 Å². The van der Waals surface area contributed by atoms with Crippen molar-refractivity contribution in [3.63, 3.8) is 0 Å². The molecular weight excluding hydrogens is 196 g/mol. The third-order valence-electron chi connectivity index (χ3n) is 3.67. The number of hydrogen-bond donors (Lipinski definition) is 1. The zero-order chi connectivity index (χ0) is 11.4. The van der Waals surface area contributed by atoms with Gasteiger partial charge in [0.05, 0.1) is 0 Å². The third kappa shape index (κ3) is 3.05. The topological polar surface area (TPSA) is 24.9 Å². The number of aromatic nitrogens is 1. The van der Waals surface area contributed by atoms with Gasteiger partial charge in [-0.05, 0) is 42.9 Å². The third-order valence-corrected chi connectivity index (χ3v) is 3.67. The summed E-state index contributed by atoms with van der Waals surface area (Å²) < 4.78 is 0. The van der Waals surface area contributed by atoms with Crippen LogP contribution in [-0.4, -0.2) is 11.0 Å². The highest BCUT2D eigenvalue weighted by Gasteiger charge is 2.18. The van der Waals surface area contributed by atoms with Crippen LogP contribution in [0.3, 0.4) is 0 Å². The summed E-state index contributed by atoms with van der Waals surface area (Å²) in [7, 11) is 0. The van der Waals surface area contributed by atoms with E-state index in [0.29, 0.717) is 6.04 Å². The Morgan fingerprint density at radius 1 is 1.44 bits per heavy atom. The van der Waals surface area contributed by atoms with Crippen LogP contribution in [0.1, 0.15) is 43.7 Å². The lowest BCUT2D eigenvalue weighted by Gasteiger charge is -2.27. The van der Waals surface area contributed by atoms with Crippen molar-refractivity contribution in [1.82, 2.24) is 10.3 Å². The summed E-state index contributed by atoms with van der Waals surface area (Å²) in [6, 6.07) is 2.80. The summed E-state index contributed by atoms with van der Waals surface area (Å²) in [4.78, 5) is 4.18. The van der Waals surface area contributed by atoms with Crippen LogP contribution in [0, 0.1) is 12.8 Å². The lowest BCUT2D eigenvalue weighted by atomic mass is 9.87. The largest absolute Gasteiger partial charge is 0.310 e. The smallest absolute Gasteiger partial charge is 0.0315 e. The Labute approximate surface area is 98.5 Å². The van der Waals surface area contributed by atoms with Gasteiger partial charge in [-0.1, -0.05) is 19.8 Å². The van der Waals surface area contributed by atoms with Gasteiger partial charge in [0.25, 0.3) is 0 Å². The minimum absolute atomic E-state index is 0.711. The van der Waals surface area contributed by atoms with Gasteiger partial charge in [-0.15, -0.1) is 0 Å². The van der Waals surface area contributed by atoms with E-state index < -0.39 is 0 Å². The van der Waals surface area contributed by atoms with Gasteiger partial charge in [-0.25, -0.2) is 0 Å². The van der Waals surface area contributed by atoms with Crippen LogP contribution < -0.4 is 5.32 Å². The molecule has 2 unspecified atom stereocenters. The van der Waals surface area contributed by atoms with Crippen molar-refractivity contribution in [1.29, 1.82) is 0 Å². The van der Waals surface area contributed by atoms with Crippen molar-refractivity contribution in [2.24, 2.45) is 5.92 Å². The van der Waals surface area contributed by atoms with Crippen molar-refractivity contribution >= 4 is 0 Å². The molecule has 1 saturated carbocycles. The number of hydrogen-bond acceptors (Lipinski definition) is 2. The Hall–Kier alpha value is -0.890. The van der Waals surface area contributed by atoms with Gasteiger partial charge in [0.15, 0.2) is 0 Å². The molecule has 0 saturated heterocycles. The Bertz CT molecular complexity index is 335. The first-order valence-corrected chi connectivity index (χ1v) is 6.38. The Morgan fingerprint density at radius 2 is 2.31 bits per heavy atom. The van der Waals surface area contributed by atoms with E-state index >= 15 is 0 Å². The highest BCUT2D eigenvalue weighted by Crippen LogP contribution is 2.23. The molecule has 1 aliphatic rings. The van der Waals surface area contributed by atoms with Gasteiger partial charge in [0, 0.05) is 25.0 Å². The second-order valence-corrected chi connectivity index (χ2v) is 5.15. The van der Waals surface area contributed by atoms with E-state index in [-0.39, 0.29) is 0 Å². The highest BCUT2D eigenvalue weighted by atomic mass is 14.9. The second kappa shape index (κ2) is 5.44. The molecule has 0 spiro atoms. The van der Waals surface area contributed by atoms with Gasteiger partial charge in [-0.2, -0.15) is 0 Å². The predicted molar refractivity (Wildman–Crippen MR) is 67.2 cm³/mol. The summed E-state index contributed by atoms with van der Waals surface area (Å²) in [5.74, 6) is 0.890. The van der Waals surface area contributed by atoms with E-state index in [4.69, 9.17) is 0 Å². The lowest BCUT2D eigenvalue weighted by molar-refractivity contribution is 0.300. The zero-order valence-electron chi connectivity index (χ0n) is 10.4. The summed E-state index contributed by atoms with van der Waals surface area (Å²) >= 11 is 0. The Balaban J connectivity index is 1.85. The summed E-state index contributed by atoms with van der Waals surface area (Å²) in [5.41, 5.74) is 2.67.